The van der Waals surface area contributed by atoms with Crippen molar-refractivity contribution in [3.8, 4) is 11.5 Å². The van der Waals surface area contributed by atoms with Gasteiger partial charge in [0, 0.05) is 24.2 Å². The molecule has 3 nitrogen and oxygen atoms in total. The van der Waals surface area contributed by atoms with E-state index < -0.39 is 0 Å². The van der Waals surface area contributed by atoms with Crippen molar-refractivity contribution < 1.29 is 4.74 Å². The summed E-state index contributed by atoms with van der Waals surface area (Å²) in [5, 5.41) is 0. The van der Waals surface area contributed by atoms with Gasteiger partial charge >= 0.3 is 0 Å². The smallest absolute Gasteiger partial charge is 0.145 e. The molecule has 76 valence electrons. The van der Waals surface area contributed by atoms with E-state index in [0.29, 0.717) is 5.75 Å². The molecule has 0 aliphatic carbocycles. The van der Waals surface area contributed by atoms with E-state index in [4.69, 9.17) is 4.74 Å². The third-order valence-electron chi connectivity index (χ3n) is 1.85. The Morgan fingerprint density at radius 1 is 1.20 bits per heavy atom. The number of pyridine rings is 2. The molecule has 2 rings (SSSR count). The van der Waals surface area contributed by atoms with E-state index >= 15 is 0 Å². The molecule has 0 bridgehead atoms. The summed E-state index contributed by atoms with van der Waals surface area (Å²) in [6, 6.07) is 5.59. The number of hydrogen-bond acceptors (Lipinski definition) is 3. The van der Waals surface area contributed by atoms with Crippen molar-refractivity contribution in [3.05, 3.63) is 47.0 Å². The van der Waals surface area contributed by atoms with Crippen LogP contribution in [0.3, 0.4) is 0 Å². The normalized spacial score (nSPS) is 10.0. The van der Waals surface area contributed by atoms with Crippen molar-refractivity contribution in [2.45, 2.75) is 6.92 Å². The molecule has 0 N–H and O–H groups in total. The van der Waals surface area contributed by atoms with Gasteiger partial charge in [-0.1, -0.05) is 0 Å². The Balaban J connectivity index is 2.22. The molecule has 2 aromatic heterocycles. The number of aromatic nitrogens is 2. The van der Waals surface area contributed by atoms with Crippen LogP contribution >= 0.6 is 15.9 Å². The second-order valence-electron chi connectivity index (χ2n) is 3.04. The third-order valence-corrected chi connectivity index (χ3v) is 2.44. The Morgan fingerprint density at radius 2 is 2.07 bits per heavy atom. The van der Waals surface area contributed by atoms with Gasteiger partial charge in [-0.3, -0.25) is 9.97 Å². The summed E-state index contributed by atoms with van der Waals surface area (Å²) in [7, 11) is 0. The van der Waals surface area contributed by atoms with Gasteiger partial charge in [0.05, 0.1) is 10.7 Å². The van der Waals surface area contributed by atoms with Gasteiger partial charge in [0.1, 0.15) is 11.5 Å². The molecular formula is C11H9BrN2O. The lowest BCUT2D eigenvalue weighted by atomic mass is 10.4. The van der Waals surface area contributed by atoms with E-state index in [0.717, 1.165) is 15.9 Å². The molecule has 0 aromatic carbocycles. The van der Waals surface area contributed by atoms with Crippen molar-refractivity contribution in [2.75, 3.05) is 0 Å². The molecule has 0 amide bonds. The van der Waals surface area contributed by atoms with Crippen LogP contribution in [-0.2, 0) is 0 Å². The van der Waals surface area contributed by atoms with Crippen LogP contribution in [0.5, 0.6) is 11.5 Å². The number of rotatable bonds is 2. The van der Waals surface area contributed by atoms with Gasteiger partial charge in [-0.2, -0.15) is 0 Å². The molecule has 0 aliphatic heterocycles. The summed E-state index contributed by atoms with van der Waals surface area (Å²) in [6.45, 7) is 1.94. The van der Waals surface area contributed by atoms with Crippen molar-refractivity contribution in [1.29, 1.82) is 0 Å². The van der Waals surface area contributed by atoms with Gasteiger partial charge in [0.25, 0.3) is 0 Å². The minimum atomic E-state index is 0.715. The molecule has 0 fully saturated rings. The van der Waals surface area contributed by atoms with Gasteiger partial charge < -0.3 is 4.74 Å². The summed E-state index contributed by atoms with van der Waals surface area (Å²) < 4.78 is 6.44. The predicted molar refractivity (Wildman–Crippen MR) is 61.0 cm³/mol. The Morgan fingerprint density at radius 3 is 2.73 bits per heavy atom. The molecule has 0 atom stereocenters. The number of aryl methyl sites for hydroxylation is 1. The third kappa shape index (κ3) is 2.53. The van der Waals surface area contributed by atoms with E-state index in [-0.39, 0.29) is 0 Å². The number of hydrogen-bond donors (Lipinski definition) is 0. The fourth-order valence-electron chi connectivity index (χ4n) is 1.09. The van der Waals surface area contributed by atoms with Crippen LogP contribution in [0.2, 0.25) is 0 Å². The molecule has 0 unspecified atom stereocenters. The van der Waals surface area contributed by atoms with Gasteiger partial charge in [0.2, 0.25) is 0 Å². The van der Waals surface area contributed by atoms with E-state index in [2.05, 4.69) is 25.9 Å². The highest BCUT2D eigenvalue weighted by atomic mass is 79.9. The summed E-state index contributed by atoms with van der Waals surface area (Å²) in [6.07, 6.45) is 5.07. The Labute approximate surface area is 96.3 Å². The highest BCUT2D eigenvalue weighted by Crippen LogP contribution is 2.27. The quantitative estimate of drug-likeness (QED) is 0.835. The number of halogens is 1. The van der Waals surface area contributed by atoms with Gasteiger partial charge in [-0.25, -0.2) is 0 Å². The standard InChI is InChI=1S/C11H9BrN2O/c1-8-2-3-9(6-14-8)15-11-4-5-13-7-10(11)12/h2-7H,1H3. The Bertz CT molecular complexity index is 456. The van der Waals surface area contributed by atoms with Gasteiger partial charge in [-0.15, -0.1) is 0 Å². The average molecular weight is 265 g/mol. The molecule has 2 aromatic rings. The highest BCUT2D eigenvalue weighted by molar-refractivity contribution is 9.10. The van der Waals surface area contributed by atoms with Gasteiger partial charge in [0.15, 0.2) is 0 Å². The van der Waals surface area contributed by atoms with E-state index in [1.54, 1.807) is 24.7 Å². The second-order valence-corrected chi connectivity index (χ2v) is 3.90. The Kier molecular flexibility index (Phi) is 2.97. The largest absolute Gasteiger partial charge is 0.454 e. The molecule has 15 heavy (non-hydrogen) atoms. The van der Waals surface area contributed by atoms with Crippen molar-refractivity contribution in [2.24, 2.45) is 0 Å². The van der Waals surface area contributed by atoms with Crippen LogP contribution in [0.25, 0.3) is 0 Å². The van der Waals surface area contributed by atoms with Crippen molar-refractivity contribution in [3.63, 3.8) is 0 Å². The topological polar surface area (TPSA) is 35.0 Å². The van der Waals surface area contributed by atoms with Crippen LogP contribution in [0, 0.1) is 6.92 Å². The molecule has 0 saturated heterocycles. The molecule has 0 aliphatic rings. The highest BCUT2D eigenvalue weighted by Gasteiger charge is 2.01. The molecule has 2 heterocycles. The van der Waals surface area contributed by atoms with E-state index in [1.807, 2.05) is 19.1 Å². The SMILES string of the molecule is Cc1ccc(Oc2ccncc2Br)cn1. The van der Waals surface area contributed by atoms with Crippen LogP contribution in [0.4, 0.5) is 0 Å². The fourth-order valence-corrected chi connectivity index (χ4v) is 1.42. The van der Waals surface area contributed by atoms with Gasteiger partial charge in [-0.05, 0) is 35.0 Å². The van der Waals surface area contributed by atoms with Crippen LogP contribution in [-0.4, -0.2) is 9.97 Å². The number of nitrogens with zero attached hydrogens (tertiary/aromatic N) is 2. The lowest BCUT2D eigenvalue weighted by Gasteiger charge is -2.06. The summed E-state index contributed by atoms with van der Waals surface area (Å²) in [5.41, 5.74) is 0.969. The molecule has 0 saturated carbocycles. The first-order valence-corrected chi connectivity index (χ1v) is 5.25. The lowest BCUT2D eigenvalue weighted by molar-refractivity contribution is 0.476. The zero-order valence-corrected chi connectivity index (χ0v) is 9.73. The molecule has 0 radical (unpaired) electrons. The van der Waals surface area contributed by atoms with E-state index in [9.17, 15) is 0 Å². The summed E-state index contributed by atoms with van der Waals surface area (Å²) in [4.78, 5) is 8.11. The van der Waals surface area contributed by atoms with Crippen molar-refractivity contribution >= 4 is 15.9 Å². The zero-order valence-electron chi connectivity index (χ0n) is 8.14. The van der Waals surface area contributed by atoms with Crippen LogP contribution in [0.1, 0.15) is 5.69 Å². The second kappa shape index (κ2) is 4.40. The predicted octanol–water partition coefficient (Wildman–Crippen LogP) is 3.34. The van der Waals surface area contributed by atoms with Crippen LogP contribution < -0.4 is 4.74 Å². The molecular weight excluding hydrogens is 256 g/mol. The summed E-state index contributed by atoms with van der Waals surface area (Å²) >= 11 is 3.36. The minimum absolute atomic E-state index is 0.715. The first-order valence-electron chi connectivity index (χ1n) is 4.46. The lowest BCUT2D eigenvalue weighted by Crippen LogP contribution is -1.87. The maximum Gasteiger partial charge on any atom is 0.145 e. The Hall–Kier alpha value is -1.42. The first kappa shape index (κ1) is 10.1. The molecule has 0 spiro atoms. The molecule has 4 heteroatoms. The maximum absolute atomic E-state index is 5.61. The van der Waals surface area contributed by atoms with Crippen LogP contribution in [0.15, 0.2) is 41.3 Å². The average Bonchev–Trinajstić information content (AvgIpc) is 2.25. The monoisotopic (exact) mass is 264 g/mol. The zero-order chi connectivity index (χ0) is 10.7. The maximum atomic E-state index is 5.61. The van der Waals surface area contributed by atoms with E-state index in [1.165, 1.54) is 0 Å². The summed E-state index contributed by atoms with van der Waals surface area (Å²) in [5.74, 6) is 1.45. The van der Waals surface area contributed by atoms with Crippen molar-refractivity contribution in [1.82, 2.24) is 9.97 Å². The fraction of sp³-hybridized carbons (Fsp3) is 0.0909. The minimum Gasteiger partial charge on any atom is -0.454 e. The number of ether oxygens (including phenoxy) is 1. The first-order chi connectivity index (χ1) is 7.25.